The van der Waals surface area contributed by atoms with Gasteiger partial charge in [-0.2, -0.15) is 5.26 Å². The highest BCUT2D eigenvalue weighted by Crippen LogP contribution is 2.26. The molecule has 1 aliphatic rings. The second-order valence-electron chi connectivity index (χ2n) is 6.92. The van der Waals surface area contributed by atoms with Crippen molar-refractivity contribution in [2.24, 2.45) is 0 Å². The molecule has 31 heavy (non-hydrogen) atoms. The smallest absolute Gasteiger partial charge is 0.261 e. The zero-order valence-electron chi connectivity index (χ0n) is 16.5. The molecule has 0 unspecified atom stereocenters. The molecule has 0 bridgehead atoms. The van der Waals surface area contributed by atoms with Crippen LogP contribution in [0.2, 0.25) is 0 Å². The minimum Gasteiger partial charge on any atom is -0.351 e. The van der Waals surface area contributed by atoms with Gasteiger partial charge in [0.05, 0.1) is 17.2 Å². The number of carbonyl (C=O) groups is 4. The van der Waals surface area contributed by atoms with E-state index in [0.29, 0.717) is 23.2 Å². The van der Waals surface area contributed by atoms with Crippen LogP contribution in [0.25, 0.3) is 0 Å². The van der Waals surface area contributed by atoms with E-state index < -0.39 is 0 Å². The summed E-state index contributed by atoms with van der Waals surface area (Å²) in [5, 5.41) is 13.9. The summed E-state index contributed by atoms with van der Waals surface area (Å²) in [6, 6.07) is 13.7. The number of nitrogens with zero attached hydrogens (tertiary/aromatic N) is 2. The van der Waals surface area contributed by atoms with Gasteiger partial charge in [0.15, 0.2) is 0 Å². The highest BCUT2D eigenvalue weighted by atomic mass is 79.9. The Kier molecular flexibility index (Phi) is 7.15. The van der Waals surface area contributed by atoms with Crippen LogP contribution in [-0.2, 0) is 16.1 Å². The molecule has 158 valence electrons. The predicted octanol–water partition coefficient (Wildman–Crippen LogP) is 2.99. The van der Waals surface area contributed by atoms with Crippen molar-refractivity contribution in [1.82, 2.24) is 10.2 Å². The van der Waals surface area contributed by atoms with E-state index in [1.807, 2.05) is 0 Å². The van der Waals surface area contributed by atoms with Crippen molar-refractivity contribution in [3.05, 3.63) is 63.6 Å². The molecule has 8 nitrogen and oxygen atoms in total. The summed E-state index contributed by atoms with van der Waals surface area (Å²) in [7, 11) is 0. The van der Waals surface area contributed by atoms with Gasteiger partial charge in [-0.15, -0.1) is 0 Å². The topological polar surface area (TPSA) is 119 Å². The van der Waals surface area contributed by atoms with E-state index in [-0.39, 0.29) is 49.6 Å². The normalized spacial score (nSPS) is 12.3. The Morgan fingerprint density at radius 3 is 2.58 bits per heavy atom. The number of carbonyl (C=O) groups excluding carboxylic acids is 4. The molecule has 9 heteroatoms. The third kappa shape index (κ3) is 5.55. The molecule has 0 fully saturated rings. The van der Waals surface area contributed by atoms with Gasteiger partial charge in [-0.1, -0.05) is 28.1 Å². The molecular weight excluding hydrogens is 464 g/mol. The lowest BCUT2D eigenvalue weighted by Crippen LogP contribution is -2.31. The third-order valence-corrected chi connectivity index (χ3v) is 5.15. The fourth-order valence-electron chi connectivity index (χ4n) is 3.18. The minimum absolute atomic E-state index is 0.139. The van der Waals surface area contributed by atoms with Gasteiger partial charge in [-0.05, 0) is 42.3 Å². The lowest BCUT2D eigenvalue weighted by molar-refractivity contribution is -0.120. The standard InChI is InChI=1S/C22H19BrN4O4/c23-15-6-7-17-18(12-15)22(31)27(21(17)30)10-2-5-20(29)26-16-4-1-3-14(11-16)13-25-19(28)8-9-24/h1,3-4,6-7,11-12H,2,5,8,10,13H2,(H,25,28)(H,26,29). The van der Waals surface area contributed by atoms with Crippen molar-refractivity contribution in [2.45, 2.75) is 25.8 Å². The zero-order valence-corrected chi connectivity index (χ0v) is 18.1. The number of halogens is 1. The molecule has 4 amide bonds. The summed E-state index contributed by atoms with van der Waals surface area (Å²) in [5.74, 6) is -1.31. The van der Waals surface area contributed by atoms with E-state index in [1.54, 1.807) is 48.5 Å². The van der Waals surface area contributed by atoms with E-state index in [0.717, 1.165) is 14.9 Å². The van der Waals surface area contributed by atoms with Crippen LogP contribution in [0.3, 0.4) is 0 Å². The van der Waals surface area contributed by atoms with E-state index in [1.165, 1.54) is 0 Å². The summed E-state index contributed by atoms with van der Waals surface area (Å²) in [6.07, 6.45) is 0.267. The average molecular weight is 483 g/mol. The van der Waals surface area contributed by atoms with Crippen LogP contribution < -0.4 is 10.6 Å². The van der Waals surface area contributed by atoms with Gasteiger partial charge in [-0.3, -0.25) is 24.1 Å². The molecule has 2 aromatic rings. The maximum Gasteiger partial charge on any atom is 0.261 e. The molecule has 2 N–H and O–H groups in total. The van der Waals surface area contributed by atoms with Crippen LogP contribution in [0.1, 0.15) is 45.5 Å². The SMILES string of the molecule is N#CCC(=O)NCc1cccc(NC(=O)CCCN2C(=O)c3ccc(Br)cc3C2=O)c1. The van der Waals surface area contributed by atoms with Crippen LogP contribution in [0.15, 0.2) is 46.9 Å². The van der Waals surface area contributed by atoms with Crippen LogP contribution in [0.4, 0.5) is 5.69 Å². The van der Waals surface area contributed by atoms with Crippen molar-refractivity contribution >= 4 is 45.2 Å². The van der Waals surface area contributed by atoms with Gasteiger partial charge in [-0.25, -0.2) is 0 Å². The van der Waals surface area contributed by atoms with E-state index in [4.69, 9.17) is 5.26 Å². The summed E-state index contributed by atoms with van der Waals surface area (Å²) >= 11 is 3.30. The van der Waals surface area contributed by atoms with Crippen molar-refractivity contribution in [3.8, 4) is 6.07 Å². The third-order valence-electron chi connectivity index (χ3n) is 4.66. The molecule has 0 spiro atoms. The molecule has 2 aromatic carbocycles. The molecule has 1 aliphatic heterocycles. The molecule has 0 aromatic heterocycles. The Labute approximate surface area is 187 Å². The van der Waals surface area contributed by atoms with Gasteiger partial charge >= 0.3 is 0 Å². The summed E-state index contributed by atoms with van der Waals surface area (Å²) < 4.78 is 0.723. The minimum atomic E-state index is -0.363. The maximum absolute atomic E-state index is 12.5. The number of anilines is 1. The number of hydrogen-bond donors (Lipinski definition) is 2. The number of nitriles is 1. The number of hydrogen-bond acceptors (Lipinski definition) is 5. The molecular formula is C22H19BrN4O4. The Morgan fingerprint density at radius 1 is 1.03 bits per heavy atom. The number of benzene rings is 2. The van der Waals surface area contributed by atoms with Crippen molar-refractivity contribution in [2.75, 3.05) is 11.9 Å². The molecule has 0 saturated carbocycles. The first kappa shape index (κ1) is 22.2. The van der Waals surface area contributed by atoms with Gasteiger partial charge in [0.2, 0.25) is 11.8 Å². The van der Waals surface area contributed by atoms with Gasteiger partial charge in [0.1, 0.15) is 6.42 Å². The first-order valence-electron chi connectivity index (χ1n) is 9.57. The molecule has 3 rings (SSSR count). The van der Waals surface area contributed by atoms with Crippen LogP contribution in [0.5, 0.6) is 0 Å². The van der Waals surface area contributed by atoms with Crippen LogP contribution >= 0.6 is 15.9 Å². The Bertz CT molecular complexity index is 1090. The quantitative estimate of drug-likeness (QED) is 0.560. The number of fused-ring (bicyclic) bond motifs is 1. The number of amides is 4. The lowest BCUT2D eigenvalue weighted by Gasteiger charge is -2.13. The Balaban J connectivity index is 1.48. The number of imide groups is 1. The summed E-state index contributed by atoms with van der Waals surface area (Å²) in [4.78, 5) is 49.7. The van der Waals surface area contributed by atoms with Gasteiger partial charge < -0.3 is 10.6 Å². The number of nitrogens with one attached hydrogen (secondary N) is 2. The largest absolute Gasteiger partial charge is 0.351 e. The second kappa shape index (κ2) is 10.00. The summed E-state index contributed by atoms with van der Waals surface area (Å²) in [5.41, 5.74) is 2.09. The maximum atomic E-state index is 12.5. The van der Waals surface area contributed by atoms with Gasteiger partial charge in [0, 0.05) is 29.7 Å². The van der Waals surface area contributed by atoms with Crippen molar-refractivity contribution < 1.29 is 19.2 Å². The van der Waals surface area contributed by atoms with Crippen LogP contribution in [0, 0.1) is 11.3 Å². The highest BCUT2D eigenvalue weighted by molar-refractivity contribution is 9.10. The Morgan fingerprint density at radius 2 is 1.81 bits per heavy atom. The second-order valence-corrected chi connectivity index (χ2v) is 7.83. The fraction of sp³-hybridized carbons (Fsp3) is 0.227. The highest BCUT2D eigenvalue weighted by Gasteiger charge is 2.35. The predicted molar refractivity (Wildman–Crippen MR) is 116 cm³/mol. The van der Waals surface area contributed by atoms with Gasteiger partial charge in [0.25, 0.3) is 11.8 Å². The average Bonchev–Trinajstić information content (AvgIpc) is 2.97. The first-order valence-corrected chi connectivity index (χ1v) is 10.4. The van der Waals surface area contributed by atoms with E-state index in [9.17, 15) is 19.2 Å². The van der Waals surface area contributed by atoms with Crippen molar-refractivity contribution in [1.29, 1.82) is 5.26 Å². The molecule has 0 saturated heterocycles. The molecule has 0 atom stereocenters. The molecule has 0 aliphatic carbocycles. The zero-order chi connectivity index (χ0) is 22.4. The van der Waals surface area contributed by atoms with Crippen LogP contribution in [-0.4, -0.2) is 35.1 Å². The monoisotopic (exact) mass is 482 g/mol. The van der Waals surface area contributed by atoms with E-state index in [2.05, 4.69) is 26.6 Å². The molecule has 0 radical (unpaired) electrons. The first-order chi connectivity index (χ1) is 14.9. The number of rotatable bonds is 8. The molecule has 1 heterocycles. The van der Waals surface area contributed by atoms with E-state index >= 15 is 0 Å². The summed E-state index contributed by atoms with van der Waals surface area (Å²) in [6.45, 7) is 0.405. The lowest BCUT2D eigenvalue weighted by atomic mass is 10.1. The van der Waals surface area contributed by atoms with Crippen molar-refractivity contribution in [3.63, 3.8) is 0 Å². The Hall–Kier alpha value is -3.51. The fourth-order valence-corrected chi connectivity index (χ4v) is 3.54.